The van der Waals surface area contributed by atoms with E-state index in [1.165, 1.54) is 0 Å². The summed E-state index contributed by atoms with van der Waals surface area (Å²) in [5.41, 5.74) is 0. The van der Waals surface area contributed by atoms with E-state index in [4.69, 9.17) is 13.6 Å². The van der Waals surface area contributed by atoms with Gasteiger partial charge in [-0.05, 0) is 58.9 Å². The molecule has 0 atom stereocenters. The number of hydrogen-bond donors (Lipinski definition) is 2. The minimum atomic E-state index is -0.462. The zero-order valence-electron chi connectivity index (χ0n) is 20.5. The average Bonchev–Trinajstić information content (AvgIpc) is 3.38. The van der Waals surface area contributed by atoms with Crippen LogP contribution in [-0.4, -0.2) is 68.4 Å². The number of nitrogens with zero attached hydrogens (tertiary/aromatic N) is 3. The highest BCUT2D eigenvalue weighted by molar-refractivity contribution is 7.98. The van der Waals surface area contributed by atoms with Crippen molar-refractivity contribution >= 4 is 11.8 Å². The molecule has 2 aromatic rings. The first-order valence-electron chi connectivity index (χ1n) is 11.2. The lowest BCUT2D eigenvalue weighted by atomic mass is 10.4. The fraction of sp³-hybridized carbons (Fsp3) is 0.565. The molecule has 0 radical (unpaired) electrons. The molecule has 0 bridgehead atoms. The van der Waals surface area contributed by atoms with Crippen molar-refractivity contribution in [1.82, 2.24) is 20.4 Å². The van der Waals surface area contributed by atoms with Crippen LogP contribution in [0.2, 0.25) is 0 Å². The van der Waals surface area contributed by atoms with Crippen LogP contribution in [0.1, 0.15) is 29.5 Å². The van der Waals surface area contributed by atoms with Gasteiger partial charge in [0.1, 0.15) is 29.6 Å². The second kappa shape index (κ2) is 15.4. The van der Waals surface area contributed by atoms with Crippen LogP contribution < -0.4 is 10.6 Å². The largest absolute Gasteiger partial charge is 0.464 e. The Morgan fingerprint density at radius 3 is 2.24 bits per heavy atom. The van der Waals surface area contributed by atoms with Crippen LogP contribution in [0, 0.1) is 10.1 Å². The van der Waals surface area contributed by atoms with Crippen LogP contribution in [0.4, 0.5) is 0 Å². The number of ether oxygens (including phenoxy) is 1. The minimum absolute atomic E-state index is 0.399. The lowest BCUT2D eigenvalue weighted by Crippen LogP contribution is -2.30. The van der Waals surface area contributed by atoms with Crippen molar-refractivity contribution in [3.8, 4) is 0 Å². The van der Waals surface area contributed by atoms with Crippen LogP contribution >= 0.6 is 11.8 Å². The molecule has 0 amide bonds. The molecule has 190 valence electrons. The molecule has 34 heavy (non-hydrogen) atoms. The summed E-state index contributed by atoms with van der Waals surface area (Å²) in [4.78, 5) is 14.6. The molecule has 2 N–H and O–H groups in total. The van der Waals surface area contributed by atoms with Gasteiger partial charge < -0.3 is 34.0 Å². The summed E-state index contributed by atoms with van der Waals surface area (Å²) in [6.45, 7) is 3.63. The molecule has 11 heteroatoms. The number of nitrogens with one attached hydrogen (secondary N) is 2. The van der Waals surface area contributed by atoms with Crippen molar-refractivity contribution in [2.24, 2.45) is 0 Å². The molecule has 0 spiro atoms. The van der Waals surface area contributed by atoms with Crippen molar-refractivity contribution in [1.29, 1.82) is 0 Å². The topological polar surface area (TPSA) is 109 Å². The molecular weight excluding hydrogens is 458 g/mol. The Hall–Kier alpha value is -2.47. The van der Waals surface area contributed by atoms with Crippen molar-refractivity contribution in [3.05, 3.63) is 69.4 Å². The summed E-state index contributed by atoms with van der Waals surface area (Å²) in [5, 5.41) is 17.1. The maximum atomic E-state index is 10.9. The van der Waals surface area contributed by atoms with E-state index in [0.29, 0.717) is 38.5 Å². The highest BCUT2D eigenvalue weighted by Gasteiger charge is 2.06. The number of furan rings is 2. The summed E-state index contributed by atoms with van der Waals surface area (Å²) >= 11 is 1.71. The van der Waals surface area contributed by atoms with Gasteiger partial charge in [0, 0.05) is 25.4 Å². The normalized spacial score (nSPS) is 12.0. The highest BCUT2D eigenvalue weighted by atomic mass is 32.2. The van der Waals surface area contributed by atoms with Gasteiger partial charge in [-0.3, -0.25) is 10.1 Å². The molecule has 0 aliphatic rings. The first-order chi connectivity index (χ1) is 16.3. The Bertz CT molecular complexity index is 881. The third-order valence-electron chi connectivity index (χ3n) is 4.44. The fourth-order valence-electron chi connectivity index (χ4n) is 3.05. The molecule has 0 fully saturated rings. The smallest absolute Gasteiger partial charge is 0.274 e. The summed E-state index contributed by atoms with van der Waals surface area (Å²) in [7, 11) is 7.98. The molecule has 0 aliphatic heterocycles. The second-order valence-corrected chi connectivity index (χ2v) is 9.46. The Morgan fingerprint density at radius 2 is 1.59 bits per heavy atom. The maximum absolute atomic E-state index is 10.9. The first-order valence-corrected chi connectivity index (χ1v) is 12.4. The Kier molecular flexibility index (Phi) is 12.6. The van der Waals surface area contributed by atoms with E-state index in [0.717, 1.165) is 53.8 Å². The molecule has 0 saturated carbocycles. The van der Waals surface area contributed by atoms with Gasteiger partial charge in [-0.15, -0.1) is 0 Å². The molecule has 0 aromatic carbocycles. The molecule has 0 aliphatic carbocycles. The van der Waals surface area contributed by atoms with E-state index in [9.17, 15) is 10.1 Å². The van der Waals surface area contributed by atoms with Gasteiger partial charge in [0.05, 0.1) is 23.8 Å². The van der Waals surface area contributed by atoms with Crippen LogP contribution in [-0.2, 0) is 30.2 Å². The Balaban J connectivity index is 1.58. The van der Waals surface area contributed by atoms with Gasteiger partial charge in [-0.2, -0.15) is 11.8 Å². The number of thioether (sulfide) groups is 1. The molecule has 0 unspecified atom stereocenters. The van der Waals surface area contributed by atoms with E-state index < -0.39 is 4.92 Å². The van der Waals surface area contributed by atoms with Crippen LogP contribution in [0.5, 0.6) is 0 Å². The predicted octanol–water partition coefficient (Wildman–Crippen LogP) is 3.09. The minimum Gasteiger partial charge on any atom is -0.464 e. The predicted molar refractivity (Wildman–Crippen MR) is 134 cm³/mol. The molecular formula is C23H37N5O5S. The van der Waals surface area contributed by atoms with Crippen LogP contribution in [0.15, 0.2) is 45.1 Å². The van der Waals surface area contributed by atoms with Gasteiger partial charge >= 0.3 is 0 Å². The molecule has 2 rings (SSSR count). The standard InChI is InChI=1S/C23H37N5O5S/c1-26(2)14-19-6-8-21(32-19)17-31-12-5-10-24-23(16-28(29)30)25-11-13-34-18-22-9-7-20(33-22)15-27(3)4/h6-9,16,24-25H,5,10-15,17-18H2,1-4H3. The SMILES string of the molecule is CN(C)Cc1ccc(COCCCNC(=C[N+](=O)[O-])NCCSCc2ccc(CN(C)C)o2)o1. The first kappa shape index (κ1) is 27.8. The van der Waals surface area contributed by atoms with E-state index >= 15 is 0 Å². The number of rotatable bonds is 18. The monoisotopic (exact) mass is 495 g/mol. The van der Waals surface area contributed by atoms with Crippen LogP contribution in [0.3, 0.4) is 0 Å². The molecule has 0 saturated heterocycles. The Morgan fingerprint density at radius 1 is 1.00 bits per heavy atom. The van der Waals surface area contributed by atoms with Gasteiger partial charge in [-0.1, -0.05) is 0 Å². The van der Waals surface area contributed by atoms with Gasteiger partial charge in [-0.25, -0.2) is 0 Å². The maximum Gasteiger partial charge on any atom is 0.274 e. The van der Waals surface area contributed by atoms with Crippen LogP contribution in [0.25, 0.3) is 0 Å². The summed E-state index contributed by atoms with van der Waals surface area (Å²) in [6, 6.07) is 7.87. The van der Waals surface area contributed by atoms with Crippen molar-refractivity contribution in [2.45, 2.75) is 31.9 Å². The third kappa shape index (κ3) is 12.1. The van der Waals surface area contributed by atoms with Gasteiger partial charge in [0.2, 0.25) is 0 Å². The van der Waals surface area contributed by atoms with Crippen molar-refractivity contribution in [3.63, 3.8) is 0 Å². The summed E-state index contributed by atoms with van der Waals surface area (Å²) in [5.74, 6) is 5.54. The number of hydrogen-bond acceptors (Lipinski definition) is 10. The summed E-state index contributed by atoms with van der Waals surface area (Å²) in [6.07, 6.45) is 1.67. The molecule has 2 aromatic heterocycles. The lowest BCUT2D eigenvalue weighted by molar-refractivity contribution is -0.404. The number of nitro groups is 1. The average molecular weight is 496 g/mol. The quantitative estimate of drug-likeness (QED) is 0.182. The van der Waals surface area contributed by atoms with Crippen molar-refractivity contribution in [2.75, 3.05) is 53.6 Å². The summed E-state index contributed by atoms with van der Waals surface area (Å²) < 4.78 is 17.1. The van der Waals surface area contributed by atoms with E-state index in [1.54, 1.807) is 11.8 Å². The third-order valence-corrected chi connectivity index (χ3v) is 5.43. The van der Waals surface area contributed by atoms with Crippen molar-refractivity contribution < 1.29 is 18.5 Å². The van der Waals surface area contributed by atoms with E-state index in [1.807, 2.05) is 57.4 Å². The molecule has 10 nitrogen and oxygen atoms in total. The second-order valence-electron chi connectivity index (χ2n) is 8.35. The highest BCUT2D eigenvalue weighted by Crippen LogP contribution is 2.16. The van der Waals surface area contributed by atoms with E-state index in [2.05, 4.69) is 15.5 Å². The molecule has 2 heterocycles. The lowest BCUT2D eigenvalue weighted by Gasteiger charge is -2.11. The van der Waals surface area contributed by atoms with E-state index in [-0.39, 0.29) is 0 Å². The van der Waals surface area contributed by atoms with Gasteiger partial charge in [0.15, 0.2) is 5.82 Å². The zero-order chi connectivity index (χ0) is 24.8. The zero-order valence-corrected chi connectivity index (χ0v) is 21.4. The van der Waals surface area contributed by atoms with Gasteiger partial charge in [0.25, 0.3) is 6.20 Å². The fourth-order valence-corrected chi connectivity index (χ4v) is 3.80. The Labute approximate surface area is 205 Å².